The van der Waals surface area contributed by atoms with Gasteiger partial charge in [0.2, 0.25) is 0 Å². The van der Waals surface area contributed by atoms with Crippen molar-refractivity contribution in [2.45, 2.75) is 32.7 Å². The second-order valence-electron chi connectivity index (χ2n) is 2.15. The molecular weight excluding hydrogens is 112 g/mol. The summed E-state index contributed by atoms with van der Waals surface area (Å²) in [5.41, 5.74) is -2.74. The van der Waals surface area contributed by atoms with E-state index in [-0.39, 0.29) is 0 Å². The van der Waals surface area contributed by atoms with Gasteiger partial charge in [-0.2, -0.15) is 0 Å². The van der Waals surface area contributed by atoms with Gasteiger partial charge in [-0.1, -0.05) is 19.8 Å². The molecule has 9 heavy (non-hydrogen) atoms. The van der Waals surface area contributed by atoms with Gasteiger partial charge in [-0.15, -0.1) is 6.42 Å². The Morgan fingerprint density at radius 3 is 2.67 bits per heavy atom. The average molecular weight is 131 g/mol. The standard InChI is InChI=1S/C8H14O/c1-5-8(4,9)6-7(2)3/h1,7,9H,6H2,2-4H3/i4D3,6D2. The normalized spacial score (nSPS) is 28.1. The highest BCUT2D eigenvalue weighted by atomic mass is 16.3. The van der Waals surface area contributed by atoms with Crippen molar-refractivity contribution in [1.29, 1.82) is 0 Å². The van der Waals surface area contributed by atoms with E-state index in [1.807, 2.05) is 0 Å². The van der Waals surface area contributed by atoms with Crippen LogP contribution in [0, 0.1) is 18.3 Å². The molecule has 0 bridgehead atoms. The molecule has 0 aromatic carbocycles. The molecule has 0 saturated heterocycles. The van der Waals surface area contributed by atoms with Gasteiger partial charge in [-0.3, -0.25) is 0 Å². The quantitative estimate of drug-likeness (QED) is 0.562. The maximum atomic E-state index is 9.68. The third-order valence-corrected chi connectivity index (χ3v) is 0.706. The Kier molecular flexibility index (Phi) is 0.987. The molecule has 52 valence electrons. The van der Waals surface area contributed by atoms with Crippen LogP contribution in [-0.2, 0) is 0 Å². The van der Waals surface area contributed by atoms with Crippen molar-refractivity contribution < 1.29 is 12.0 Å². The molecule has 0 heterocycles. The van der Waals surface area contributed by atoms with Crippen molar-refractivity contribution in [3.63, 3.8) is 0 Å². The van der Waals surface area contributed by atoms with Crippen molar-refractivity contribution in [2.75, 3.05) is 0 Å². The highest BCUT2D eigenvalue weighted by molar-refractivity contribution is 5.04. The van der Waals surface area contributed by atoms with Crippen LogP contribution in [-0.4, -0.2) is 10.7 Å². The minimum atomic E-state index is -2.93. The Morgan fingerprint density at radius 2 is 2.56 bits per heavy atom. The second kappa shape index (κ2) is 2.89. The van der Waals surface area contributed by atoms with E-state index in [4.69, 9.17) is 13.3 Å². The highest BCUT2D eigenvalue weighted by Gasteiger charge is 2.17. The summed E-state index contributed by atoms with van der Waals surface area (Å²) < 4.78 is 36.1. The van der Waals surface area contributed by atoms with E-state index in [0.29, 0.717) is 0 Å². The van der Waals surface area contributed by atoms with Crippen LogP contribution in [0.15, 0.2) is 0 Å². The zero-order valence-electron chi connectivity index (χ0n) is 10.6. The third-order valence-electron chi connectivity index (χ3n) is 0.706. The fourth-order valence-corrected chi connectivity index (χ4v) is 0.459. The van der Waals surface area contributed by atoms with Crippen molar-refractivity contribution in [1.82, 2.24) is 0 Å². The lowest BCUT2D eigenvalue weighted by Crippen LogP contribution is -2.23. The molecule has 1 heteroatoms. The van der Waals surface area contributed by atoms with E-state index >= 15 is 0 Å². The van der Waals surface area contributed by atoms with Gasteiger partial charge in [0.25, 0.3) is 0 Å². The number of aliphatic hydroxyl groups is 1. The van der Waals surface area contributed by atoms with Gasteiger partial charge in [0.05, 0.1) is 0 Å². The van der Waals surface area contributed by atoms with Crippen LogP contribution < -0.4 is 0 Å². The molecule has 0 aliphatic heterocycles. The predicted octanol–water partition coefficient (Wildman–Crippen LogP) is 1.42. The Labute approximate surface area is 64.1 Å². The third kappa shape index (κ3) is 4.05. The molecule has 1 nitrogen and oxygen atoms in total. The van der Waals surface area contributed by atoms with Crippen LogP contribution in [0.1, 0.15) is 33.9 Å². The summed E-state index contributed by atoms with van der Waals surface area (Å²) in [6.07, 6.45) is 2.56. The van der Waals surface area contributed by atoms with E-state index in [0.717, 1.165) is 0 Å². The molecule has 1 unspecified atom stereocenters. The molecule has 0 saturated carbocycles. The van der Waals surface area contributed by atoms with E-state index in [1.165, 1.54) is 13.8 Å². The number of terminal acetylenes is 1. The summed E-state index contributed by atoms with van der Waals surface area (Å²) in [4.78, 5) is 0. The molecule has 0 amide bonds. The maximum absolute atomic E-state index is 9.68. The van der Waals surface area contributed by atoms with Gasteiger partial charge in [-0.25, -0.2) is 0 Å². The SMILES string of the molecule is [2H]C([2H])([2H])C(O)(C#C)C([2H])([2H])C(C)C. The summed E-state index contributed by atoms with van der Waals surface area (Å²) in [5, 5.41) is 9.68. The van der Waals surface area contributed by atoms with Crippen molar-refractivity contribution >= 4 is 0 Å². The van der Waals surface area contributed by atoms with Crippen LogP contribution in [0.3, 0.4) is 0 Å². The first-order valence-corrected chi connectivity index (χ1v) is 2.71. The van der Waals surface area contributed by atoms with Gasteiger partial charge >= 0.3 is 0 Å². The molecule has 0 rings (SSSR count). The van der Waals surface area contributed by atoms with Crippen LogP contribution in [0.2, 0.25) is 0 Å². The second-order valence-corrected chi connectivity index (χ2v) is 2.15. The summed E-state index contributed by atoms with van der Waals surface area (Å²) in [7, 11) is 0. The van der Waals surface area contributed by atoms with E-state index < -0.39 is 24.7 Å². The monoisotopic (exact) mass is 131 g/mol. The molecule has 0 radical (unpaired) electrons. The molecule has 0 aliphatic rings. The predicted molar refractivity (Wildman–Crippen MR) is 38.9 cm³/mol. The average Bonchev–Trinajstić information content (AvgIpc) is 2.00. The molecule has 1 atom stereocenters. The summed E-state index contributed by atoms with van der Waals surface area (Å²) in [6.45, 7) is -0.00236. The Bertz CT molecular complexity index is 249. The van der Waals surface area contributed by atoms with E-state index in [1.54, 1.807) is 5.92 Å². The first kappa shape index (κ1) is 3.07. The number of hydrogen-bond donors (Lipinski definition) is 1. The van der Waals surface area contributed by atoms with Crippen molar-refractivity contribution in [3.8, 4) is 12.3 Å². The summed E-state index contributed by atoms with van der Waals surface area (Å²) in [5.74, 6) is 0.967. The highest BCUT2D eigenvalue weighted by Crippen LogP contribution is 2.13. The molecular formula is C8H14O. The van der Waals surface area contributed by atoms with Crippen LogP contribution in [0.5, 0.6) is 0 Å². The van der Waals surface area contributed by atoms with Crippen molar-refractivity contribution in [2.24, 2.45) is 5.92 Å². The largest absolute Gasteiger partial charge is 0.378 e. The van der Waals surface area contributed by atoms with Gasteiger partial charge in [0.1, 0.15) is 5.60 Å². The zero-order valence-corrected chi connectivity index (χ0v) is 5.60. The minimum absolute atomic E-state index is 0.691. The van der Waals surface area contributed by atoms with Crippen LogP contribution in [0.4, 0.5) is 0 Å². The number of hydrogen-bond acceptors (Lipinski definition) is 1. The topological polar surface area (TPSA) is 20.2 Å². The summed E-state index contributed by atoms with van der Waals surface area (Å²) in [6, 6.07) is 0. The first-order chi connectivity index (χ1) is 6.00. The maximum Gasteiger partial charge on any atom is 0.122 e. The molecule has 0 aliphatic carbocycles. The van der Waals surface area contributed by atoms with Gasteiger partial charge < -0.3 is 5.11 Å². The molecule has 0 fully saturated rings. The van der Waals surface area contributed by atoms with Gasteiger partial charge in [-0.05, 0) is 19.1 Å². The summed E-state index contributed by atoms with van der Waals surface area (Å²) >= 11 is 0. The van der Waals surface area contributed by atoms with Gasteiger partial charge in [0, 0.05) is 6.85 Å². The zero-order chi connectivity index (χ0) is 11.8. The Balaban J connectivity index is 5.40. The van der Waals surface area contributed by atoms with Crippen LogP contribution >= 0.6 is 0 Å². The first-order valence-electron chi connectivity index (χ1n) is 5.21. The lowest BCUT2D eigenvalue weighted by molar-refractivity contribution is 0.0978. The lowest BCUT2D eigenvalue weighted by Gasteiger charge is -2.17. The Hall–Kier alpha value is -0.480. The Morgan fingerprint density at radius 1 is 2.00 bits per heavy atom. The fraction of sp³-hybridized carbons (Fsp3) is 0.750. The molecule has 0 aromatic rings. The van der Waals surface area contributed by atoms with Gasteiger partial charge in [0.15, 0.2) is 0 Å². The molecule has 1 N–H and O–H groups in total. The van der Waals surface area contributed by atoms with E-state index in [2.05, 4.69) is 0 Å². The lowest BCUT2D eigenvalue weighted by atomic mass is 9.95. The fourth-order valence-electron chi connectivity index (χ4n) is 0.459. The minimum Gasteiger partial charge on any atom is -0.378 e. The number of rotatable bonds is 2. The van der Waals surface area contributed by atoms with Crippen LogP contribution in [0.25, 0.3) is 0 Å². The molecule has 0 spiro atoms. The smallest absolute Gasteiger partial charge is 0.122 e. The van der Waals surface area contributed by atoms with Crippen molar-refractivity contribution in [3.05, 3.63) is 0 Å². The van der Waals surface area contributed by atoms with E-state index in [9.17, 15) is 5.11 Å². The molecule has 0 aromatic heterocycles.